The van der Waals surface area contributed by atoms with Gasteiger partial charge in [-0.25, -0.2) is 0 Å². The van der Waals surface area contributed by atoms with E-state index >= 15 is 0 Å². The van der Waals surface area contributed by atoms with Crippen LogP contribution in [0, 0.1) is 0 Å². The highest BCUT2D eigenvalue weighted by atomic mass is 35.5. The van der Waals surface area contributed by atoms with Crippen molar-refractivity contribution < 1.29 is 17.7 Å². The van der Waals surface area contributed by atoms with Crippen LogP contribution in [0.1, 0.15) is 16.3 Å². The van der Waals surface area contributed by atoms with Gasteiger partial charge in [0.05, 0.1) is 16.4 Å². The van der Waals surface area contributed by atoms with Crippen LogP contribution < -0.4 is 0 Å². The van der Waals surface area contributed by atoms with Gasteiger partial charge in [-0.05, 0) is 31.3 Å². The minimum Gasteiger partial charge on any atom is -0.338 e. The van der Waals surface area contributed by atoms with Gasteiger partial charge >= 0.3 is 6.18 Å². The number of benzene rings is 1. The Kier molecular flexibility index (Phi) is 5.12. The van der Waals surface area contributed by atoms with Crippen molar-refractivity contribution in [2.24, 2.45) is 0 Å². The Bertz CT molecular complexity index is 862. The molecule has 0 fully saturated rings. The molecule has 3 rings (SSSR count). The monoisotopic (exact) mass is 387 g/mol. The molecular weight excluding hydrogens is 375 g/mol. The zero-order valence-corrected chi connectivity index (χ0v) is 14.6. The molecule has 0 atom stereocenters. The van der Waals surface area contributed by atoms with Gasteiger partial charge in [-0.2, -0.15) is 18.2 Å². The first-order chi connectivity index (χ1) is 11.8. The quantitative estimate of drug-likeness (QED) is 0.610. The van der Waals surface area contributed by atoms with Crippen LogP contribution in [0.15, 0.2) is 40.9 Å². The van der Waals surface area contributed by atoms with Crippen LogP contribution >= 0.6 is 22.9 Å². The molecule has 0 bridgehead atoms. The van der Waals surface area contributed by atoms with E-state index in [9.17, 15) is 13.2 Å². The van der Waals surface area contributed by atoms with E-state index in [4.69, 9.17) is 16.1 Å². The topological polar surface area (TPSA) is 42.2 Å². The summed E-state index contributed by atoms with van der Waals surface area (Å²) in [6, 6.07) is 8.61. The van der Waals surface area contributed by atoms with E-state index in [1.54, 1.807) is 0 Å². The van der Waals surface area contributed by atoms with Crippen molar-refractivity contribution in [1.29, 1.82) is 0 Å². The highest BCUT2D eigenvalue weighted by molar-refractivity contribution is 7.16. The van der Waals surface area contributed by atoms with Gasteiger partial charge in [0.2, 0.25) is 11.7 Å². The number of nitrogens with zero attached hydrogens (tertiary/aromatic N) is 3. The second kappa shape index (κ2) is 7.15. The zero-order chi connectivity index (χ0) is 18.0. The van der Waals surface area contributed by atoms with Crippen LogP contribution in [-0.4, -0.2) is 22.1 Å². The van der Waals surface area contributed by atoms with Crippen molar-refractivity contribution in [2.75, 3.05) is 7.05 Å². The molecule has 1 aromatic carbocycles. The fourth-order valence-electron chi connectivity index (χ4n) is 2.26. The lowest BCUT2D eigenvalue weighted by Gasteiger charge is -2.12. The molecule has 0 radical (unpaired) electrons. The van der Waals surface area contributed by atoms with Gasteiger partial charge < -0.3 is 4.52 Å². The molecule has 0 spiro atoms. The number of hydrogen-bond acceptors (Lipinski definition) is 5. The molecule has 0 saturated carbocycles. The van der Waals surface area contributed by atoms with E-state index in [1.165, 1.54) is 23.5 Å². The van der Waals surface area contributed by atoms with E-state index < -0.39 is 11.7 Å². The maximum atomic E-state index is 12.8. The summed E-state index contributed by atoms with van der Waals surface area (Å²) in [7, 11) is 1.88. The number of alkyl halides is 3. The largest absolute Gasteiger partial charge is 0.416 e. The van der Waals surface area contributed by atoms with Gasteiger partial charge in [0.1, 0.15) is 0 Å². The minimum atomic E-state index is -4.41. The molecule has 0 saturated heterocycles. The fraction of sp³-hybridized carbons (Fsp3) is 0.250. The number of thiophene rings is 1. The molecule has 0 aliphatic heterocycles. The second-order valence-electron chi connectivity index (χ2n) is 5.47. The van der Waals surface area contributed by atoms with Crippen LogP contribution in [0.3, 0.4) is 0 Å². The van der Waals surface area contributed by atoms with Gasteiger partial charge in [0.15, 0.2) is 0 Å². The summed E-state index contributed by atoms with van der Waals surface area (Å²) < 4.78 is 44.2. The summed E-state index contributed by atoms with van der Waals surface area (Å²) in [4.78, 5) is 7.22. The Morgan fingerprint density at radius 2 is 2.00 bits per heavy atom. The Labute approximate surface area is 150 Å². The lowest BCUT2D eigenvalue weighted by Crippen LogP contribution is -2.16. The van der Waals surface area contributed by atoms with Gasteiger partial charge in [-0.15, -0.1) is 11.3 Å². The highest BCUT2D eigenvalue weighted by Gasteiger charge is 2.30. The summed E-state index contributed by atoms with van der Waals surface area (Å²) in [5.41, 5.74) is -0.486. The summed E-state index contributed by atoms with van der Waals surface area (Å²) in [5.74, 6) is 0.464. The molecule has 0 aliphatic rings. The Balaban J connectivity index is 1.70. The molecule has 3 aromatic rings. The van der Waals surface area contributed by atoms with Gasteiger partial charge in [-0.1, -0.05) is 28.9 Å². The second-order valence-corrected chi connectivity index (χ2v) is 7.27. The molecule has 2 heterocycles. The third kappa shape index (κ3) is 4.59. The maximum absolute atomic E-state index is 12.8. The lowest BCUT2D eigenvalue weighted by atomic mass is 10.1. The smallest absolute Gasteiger partial charge is 0.338 e. The fourth-order valence-corrected chi connectivity index (χ4v) is 3.43. The van der Waals surface area contributed by atoms with Crippen molar-refractivity contribution in [1.82, 2.24) is 15.0 Å². The maximum Gasteiger partial charge on any atom is 0.416 e. The summed E-state index contributed by atoms with van der Waals surface area (Å²) in [6.45, 7) is 1.03. The van der Waals surface area contributed by atoms with Crippen molar-refractivity contribution >= 4 is 22.9 Å². The van der Waals surface area contributed by atoms with Gasteiger partial charge in [0, 0.05) is 17.0 Å². The predicted octanol–water partition coefficient (Wildman–Crippen LogP) is 5.10. The van der Waals surface area contributed by atoms with Crippen LogP contribution in [0.5, 0.6) is 0 Å². The first-order valence-electron chi connectivity index (χ1n) is 7.24. The average molecular weight is 388 g/mol. The third-order valence-corrected chi connectivity index (χ3v) is 4.59. The van der Waals surface area contributed by atoms with Crippen molar-refractivity contribution in [3.8, 4) is 11.4 Å². The summed E-state index contributed by atoms with van der Waals surface area (Å²) in [6.07, 6.45) is -4.41. The van der Waals surface area contributed by atoms with E-state index in [2.05, 4.69) is 10.1 Å². The molecule has 9 heteroatoms. The Hall–Kier alpha value is -1.90. The van der Waals surface area contributed by atoms with Gasteiger partial charge in [-0.3, -0.25) is 4.90 Å². The Morgan fingerprint density at radius 1 is 1.20 bits per heavy atom. The number of hydrogen-bond donors (Lipinski definition) is 0. The number of rotatable bonds is 5. The van der Waals surface area contributed by atoms with E-state index in [0.717, 1.165) is 17.0 Å². The van der Waals surface area contributed by atoms with Crippen molar-refractivity contribution in [3.05, 3.63) is 57.1 Å². The zero-order valence-electron chi connectivity index (χ0n) is 13.0. The van der Waals surface area contributed by atoms with Crippen LogP contribution in [0.4, 0.5) is 13.2 Å². The first-order valence-corrected chi connectivity index (χ1v) is 8.43. The molecule has 4 nitrogen and oxygen atoms in total. The molecule has 2 aromatic heterocycles. The predicted molar refractivity (Wildman–Crippen MR) is 89.2 cm³/mol. The lowest BCUT2D eigenvalue weighted by molar-refractivity contribution is -0.137. The molecule has 0 unspecified atom stereocenters. The third-order valence-electron chi connectivity index (χ3n) is 3.38. The Morgan fingerprint density at radius 3 is 2.68 bits per heavy atom. The SMILES string of the molecule is CN(Cc1nc(-c2cccc(C(F)(F)F)c2)no1)Cc1ccc(Cl)s1. The molecule has 0 amide bonds. The molecule has 25 heavy (non-hydrogen) atoms. The van der Waals surface area contributed by atoms with E-state index in [-0.39, 0.29) is 11.4 Å². The van der Waals surface area contributed by atoms with E-state index in [1.807, 2.05) is 24.1 Å². The van der Waals surface area contributed by atoms with Gasteiger partial charge in [0.25, 0.3) is 0 Å². The van der Waals surface area contributed by atoms with Crippen molar-refractivity contribution in [2.45, 2.75) is 19.3 Å². The van der Waals surface area contributed by atoms with Crippen LogP contribution in [0.2, 0.25) is 4.34 Å². The number of halogens is 4. The van der Waals surface area contributed by atoms with E-state index in [0.29, 0.717) is 23.3 Å². The highest BCUT2D eigenvalue weighted by Crippen LogP contribution is 2.31. The molecule has 0 aliphatic carbocycles. The van der Waals surface area contributed by atoms with Crippen molar-refractivity contribution in [3.63, 3.8) is 0 Å². The molecular formula is C16H13ClF3N3OS. The summed E-state index contributed by atoms with van der Waals surface area (Å²) in [5, 5.41) is 3.78. The molecule has 0 N–H and O–H groups in total. The standard InChI is InChI=1S/C16H13ClF3N3OS/c1-23(8-12-5-6-13(17)25-12)9-14-21-15(22-24-14)10-3-2-4-11(7-10)16(18,19)20/h2-7H,8-9H2,1H3. The van der Waals surface area contributed by atoms with Crippen LogP contribution in [-0.2, 0) is 19.3 Å². The summed E-state index contributed by atoms with van der Waals surface area (Å²) >= 11 is 7.38. The minimum absolute atomic E-state index is 0.133. The normalized spacial score (nSPS) is 12.1. The van der Waals surface area contributed by atoms with Crippen LogP contribution in [0.25, 0.3) is 11.4 Å². The average Bonchev–Trinajstić information content (AvgIpc) is 3.16. The first kappa shape index (κ1) is 17.9. The number of aromatic nitrogens is 2. The molecule has 132 valence electrons.